The van der Waals surface area contributed by atoms with Crippen LogP contribution in [-0.4, -0.2) is 59.6 Å². The van der Waals surface area contributed by atoms with Crippen molar-refractivity contribution < 1.29 is 28.7 Å². The van der Waals surface area contributed by atoms with Gasteiger partial charge in [-0.2, -0.15) is 0 Å². The lowest BCUT2D eigenvalue weighted by atomic mass is 9.96. The van der Waals surface area contributed by atoms with Gasteiger partial charge in [0.15, 0.2) is 0 Å². The van der Waals surface area contributed by atoms with Gasteiger partial charge in [0, 0.05) is 12.6 Å². The van der Waals surface area contributed by atoms with Crippen molar-refractivity contribution in [3.05, 3.63) is 35.4 Å². The summed E-state index contributed by atoms with van der Waals surface area (Å²) in [5, 5.41) is 5.56. The van der Waals surface area contributed by atoms with Gasteiger partial charge in [0.2, 0.25) is 11.8 Å². The predicted molar refractivity (Wildman–Crippen MR) is 141 cm³/mol. The maximum atomic E-state index is 14.1. The molecule has 0 bridgehead atoms. The van der Waals surface area contributed by atoms with Crippen LogP contribution in [0.4, 0.5) is 4.79 Å². The number of amides is 3. The summed E-state index contributed by atoms with van der Waals surface area (Å²) in [6.45, 7) is 15.0. The monoisotopic (exact) mass is 517 g/mol. The van der Waals surface area contributed by atoms with Crippen LogP contribution in [0.15, 0.2) is 24.3 Å². The first-order valence-corrected chi connectivity index (χ1v) is 13.1. The number of rotatable bonds is 11. The van der Waals surface area contributed by atoms with Gasteiger partial charge in [-0.25, -0.2) is 4.79 Å². The fraction of sp³-hybridized carbons (Fsp3) is 0.643. The third-order valence-electron chi connectivity index (χ3n) is 6.23. The Bertz CT molecular complexity index is 971. The fourth-order valence-electron chi connectivity index (χ4n) is 4.21. The first-order valence-electron chi connectivity index (χ1n) is 13.1. The molecule has 0 heterocycles. The second kappa shape index (κ2) is 12.9. The molecular weight excluding hydrogens is 474 g/mol. The number of esters is 1. The molecule has 1 saturated carbocycles. The number of aryl methyl sites for hydroxylation is 1. The van der Waals surface area contributed by atoms with Gasteiger partial charge in [0.05, 0.1) is 13.0 Å². The molecule has 37 heavy (non-hydrogen) atoms. The van der Waals surface area contributed by atoms with Crippen LogP contribution < -0.4 is 10.6 Å². The van der Waals surface area contributed by atoms with E-state index in [2.05, 4.69) is 10.6 Å². The van der Waals surface area contributed by atoms with E-state index in [4.69, 9.17) is 9.47 Å². The minimum Gasteiger partial charge on any atom is -0.466 e. The molecule has 0 saturated heterocycles. The number of carbonyl (C=O) groups is 4. The van der Waals surface area contributed by atoms with E-state index in [1.807, 2.05) is 52.0 Å². The minimum atomic E-state index is -0.924. The summed E-state index contributed by atoms with van der Waals surface area (Å²) in [6.07, 6.45) is 0.0964. The second-order valence-corrected chi connectivity index (χ2v) is 11.0. The fourth-order valence-corrected chi connectivity index (χ4v) is 4.21. The van der Waals surface area contributed by atoms with E-state index in [1.54, 1.807) is 32.6 Å². The summed E-state index contributed by atoms with van der Waals surface area (Å²) < 4.78 is 10.4. The third-order valence-corrected chi connectivity index (χ3v) is 6.23. The van der Waals surface area contributed by atoms with Gasteiger partial charge in [0.1, 0.15) is 17.7 Å². The molecule has 0 spiro atoms. The Morgan fingerprint density at radius 3 is 2.27 bits per heavy atom. The first-order chi connectivity index (χ1) is 17.3. The van der Waals surface area contributed by atoms with E-state index in [1.165, 1.54) is 0 Å². The van der Waals surface area contributed by atoms with Crippen molar-refractivity contribution in [2.45, 2.75) is 92.0 Å². The van der Waals surface area contributed by atoms with E-state index in [9.17, 15) is 19.2 Å². The number of benzene rings is 1. The van der Waals surface area contributed by atoms with Gasteiger partial charge < -0.3 is 25.0 Å². The number of alkyl carbamates (subject to hydrolysis) is 1. The highest BCUT2D eigenvalue weighted by molar-refractivity contribution is 5.93. The number of hydrogen-bond acceptors (Lipinski definition) is 6. The molecule has 206 valence electrons. The molecule has 1 aliphatic carbocycles. The summed E-state index contributed by atoms with van der Waals surface area (Å²) in [7, 11) is 0. The molecule has 0 radical (unpaired) electrons. The van der Waals surface area contributed by atoms with E-state index < -0.39 is 29.7 Å². The van der Waals surface area contributed by atoms with Gasteiger partial charge in [-0.3, -0.25) is 14.4 Å². The maximum absolute atomic E-state index is 14.1. The maximum Gasteiger partial charge on any atom is 0.408 e. The highest BCUT2D eigenvalue weighted by Gasteiger charge is 2.48. The SMILES string of the molecule is CCOC(=O)CCNC(=O)C(c1ccccc1C)N(C(=O)C(NC(=O)OC(C)(C)C)C(C)C)C1CC1C. The van der Waals surface area contributed by atoms with E-state index >= 15 is 0 Å². The Hall–Kier alpha value is -3.10. The summed E-state index contributed by atoms with van der Waals surface area (Å²) in [6, 6.07) is 5.47. The van der Waals surface area contributed by atoms with Crippen molar-refractivity contribution in [2.24, 2.45) is 11.8 Å². The van der Waals surface area contributed by atoms with Crippen molar-refractivity contribution in [1.82, 2.24) is 15.5 Å². The average Bonchev–Trinajstić information content (AvgIpc) is 3.50. The summed E-state index contributed by atoms with van der Waals surface area (Å²) >= 11 is 0. The van der Waals surface area contributed by atoms with Crippen molar-refractivity contribution >= 4 is 23.9 Å². The van der Waals surface area contributed by atoms with E-state index in [0.717, 1.165) is 12.0 Å². The standard InChI is InChI=1S/C28H43N3O6/c1-9-36-22(32)14-15-29-25(33)24(20-13-11-10-12-18(20)4)31(21-16-19(21)5)26(34)23(17(2)3)30-27(35)37-28(6,7)8/h10-13,17,19,21,23-24H,9,14-16H2,1-8H3,(H,29,33)(H,30,35). The molecular formula is C28H43N3O6. The van der Waals surface area contributed by atoms with Crippen LogP contribution in [0.2, 0.25) is 0 Å². The highest BCUT2D eigenvalue weighted by Crippen LogP contribution is 2.41. The molecule has 9 nitrogen and oxygen atoms in total. The summed E-state index contributed by atoms with van der Waals surface area (Å²) in [4.78, 5) is 53.8. The smallest absolute Gasteiger partial charge is 0.408 e. The molecule has 1 aromatic rings. The average molecular weight is 518 g/mol. The molecule has 1 fully saturated rings. The number of ether oxygens (including phenoxy) is 2. The lowest BCUT2D eigenvalue weighted by molar-refractivity contribution is -0.145. The van der Waals surface area contributed by atoms with Crippen LogP contribution in [0, 0.1) is 18.8 Å². The zero-order chi connectivity index (χ0) is 27.9. The number of nitrogens with one attached hydrogen (secondary N) is 2. The molecule has 1 aromatic carbocycles. The van der Waals surface area contributed by atoms with Crippen molar-refractivity contribution in [2.75, 3.05) is 13.2 Å². The summed E-state index contributed by atoms with van der Waals surface area (Å²) in [5.74, 6) is -1.17. The molecule has 2 N–H and O–H groups in total. The number of hydrogen-bond donors (Lipinski definition) is 2. The molecule has 0 aromatic heterocycles. The van der Waals surface area contributed by atoms with Crippen molar-refractivity contribution in [3.8, 4) is 0 Å². The van der Waals surface area contributed by atoms with Crippen LogP contribution in [0.3, 0.4) is 0 Å². The van der Waals surface area contributed by atoms with Gasteiger partial charge in [0.25, 0.3) is 0 Å². The molecule has 3 amide bonds. The van der Waals surface area contributed by atoms with Crippen molar-refractivity contribution in [1.29, 1.82) is 0 Å². The Labute approximate surface area is 220 Å². The second-order valence-electron chi connectivity index (χ2n) is 11.0. The van der Waals surface area contributed by atoms with Crippen molar-refractivity contribution in [3.63, 3.8) is 0 Å². The lowest BCUT2D eigenvalue weighted by Crippen LogP contribution is -2.56. The Morgan fingerprint density at radius 2 is 1.76 bits per heavy atom. The third kappa shape index (κ3) is 8.76. The molecule has 9 heteroatoms. The topological polar surface area (TPSA) is 114 Å². The first kappa shape index (κ1) is 30.1. The number of carbonyl (C=O) groups excluding carboxylic acids is 4. The van der Waals surface area contributed by atoms with E-state index in [-0.39, 0.29) is 49.3 Å². The largest absolute Gasteiger partial charge is 0.466 e. The van der Waals surface area contributed by atoms with Crippen LogP contribution in [0.5, 0.6) is 0 Å². The van der Waals surface area contributed by atoms with E-state index in [0.29, 0.717) is 5.56 Å². The Morgan fingerprint density at radius 1 is 1.14 bits per heavy atom. The molecule has 1 aliphatic rings. The molecule has 4 unspecified atom stereocenters. The minimum absolute atomic E-state index is 0.0304. The zero-order valence-corrected chi connectivity index (χ0v) is 23.4. The summed E-state index contributed by atoms with van der Waals surface area (Å²) in [5.41, 5.74) is 0.839. The normalized spacial score (nSPS) is 18.4. The van der Waals surface area contributed by atoms with Gasteiger partial charge >= 0.3 is 12.1 Å². The molecule has 2 rings (SSSR count). The van der Waals surface area contributed by atoms with Crippen LogP contribution in [0.25, 0.3) is 0 Å². The molecule has 0 aliphatic heterocycles. The highest BCUT2D eigenvalue weighted by atomic mass is 16.6. The lowest BCUT2D eigenvalue weighted by Gasteiger charge is -2.36. The Balaban J connectivity index is 2.41. The molecule has 4 atom stereocenters. The van der Waals surface area contributed by atoms with Gasteiger partial charge in [-0.05, 0) is 64.0 Å². The van der Waals surface area contributed by atoms with Crippen LogP contribution in [0.1, 0.15) is 78.5 Å². The van der Waals surface area contributed by atoms with Crippen LogP contribution >= 0.6 is 0 Å². The number of nitrogens with zero attached hydrogens (tertiary/aromatic N) is 1. The van der Waals surface area contributed by atoms with Gasteiger partial charge in [-0.15, -0.1) is 0 Å². The van der Waals surface area contributed by atoms with Gasteiger partial charge in [-0.1, -0.05) is 45.0 Å². The Kier molecular flexibility index (Phi) is 10.5. The zero-order valence-electron chi connectivity index (χ0n) is 23.4. The quantitative estimate of drug-likeness (QED) is 0.431. The predicted octanol–water partition coefficient (Wildman–Crippen LogP) is 3.89. The van der Waals surface area contributed by atoms with Crippen LogP contribution in [-0.2, 0) is 23.9 Å².